The van der Waals surface area contributed by atoms with Crippen LogP contribution in [0, 0.1) is 6.92 Å². The minimum Gasteiger partial charge on any atom is -0.480 e. The van der Waals surface area contributed by atoms with Crippen molar-refractivity contribution in [2.75, 3.05) is 0 Å². The lowest BCUT2D eigenvalue weighted by Crippen LogP contribution is -2.38. The fourth-order valence-corrected chi connectivity index (χ4v) is 2.75. The number of thiazole rings is 1. The average Bonchev–Trinajstić information content (AvgIpc) is 2.81. The molecule has 1 atom stereocenters. The van der Waals surface area contributed by atoms with Gasteiger partial charge < -0.3 is 10.4 Å². The molecule has 7 heteroatoms. The number of aliphatic carboxylic acids is 1. The molecule has 2 rings (SSSR count). The van der Waals surface area contributed by atoms with Crippen molar-refractivity contribution in [2.45, 2.75) is 19.9 Å². The second-order valence-electron chi connectivity index (χ2n) is 4.47. The van der Waals surface area contributed by atoms with Crippen LogP contribution >= 0.6 is 22.9 Å². The van der Waals surface area contributed by atoms with Crippen molar-refractivity contribution < 1.29 is 14.7 Å². The Hall–Kier alpha value is -1.92. The van der Waals surface area contributed by atoms with Gasteiger partial charge in [-0.1, -0.05) is 23.7 Å². The normalized spacial score (nSPS) is 12.0. The Labute approximate surface area is 130 Å². The lowest BCUT2D eigenvalue weighted by molar-refractivity contribution is -0.138. The SMILES string of the molecule is Cc1nc(-c2ccc(Cl)cc2)sc1C(=O)N[C@H](C)C(=O)O. The van der Waals surface area contributed by atoms with Crippen LogP contribution in [0.15, 0.2) is 24.3 Å². The summed E-state index contributed by atoms with van der Waals surface area (Å²) < 4.78 is 0. The number of aromatic nitrogens is 1. The third-order valence-corrected chi connectivity index (χ3v) is 4.27. The fraction of sp³-hybridized carbons (Fsp3) is 0.214. The van der Waals surface area contributed by atoms with Crippen LogP contribution in [0.4, 0.5) is 0 Å². The highest BCUT2D eigenvalue weighted by Crippen LogP contribution is 2.28. The number of nitrogens with zero attached hydrogens (tertiary/aromatic N) is 1. The predicted molar refractivity (Wildman–Crippen MR) is 81.9 cm³/mol. The molecule has 2 N–H and O–H groups in total. The summed E-state index contributed by atoms with van der Waals surface area (Å²) in [5, 5.41) is 12.6. The molecule has 0 bridgehead atoms. The van der Waals surface area contributed by atoms with Crippen molar-refractivity contribution in [3.8, 4) is 10.6 Å². The Bertz CT molecular complexity index is 682. The molecule has 110 valence electrons. The Morgan fingerprint density at radius 3 is 2.52 bits per heavy atom. The molecular formula is C14H13ClN2O3S. The highest BCUT2D eigenvalue weighted by atomic mass is 35.5. The molecule has 21 heavy (non-hydrogen) atoms. The molecule has 2 aromatic rings. The van der Waals surface area contributed by atoms with E-state index in [-0.39, 0.29) is 0 Å². The summed E-state index contributed by atoms with van der Waals surface area (Å²) in [4.78, 5) is 27.6. The third-order valence-electron chi connectivity index (χ3n) is 2.81. The summed E-state index contributed by atoms with van der Waals surface area (Å²) in [7, 11) is 0. The van der Waals surface area contributed by atoms with E-state index in [0.29, 0.717) is 20.6 Å². The van der Waals surface area contributed by atoms with Crippen LogP contribution in [0.2, 0.25) is 5.02 Å². The van der Waals surface area contributed by atoms with Gasteiger partial charge in [-0.15, -0.1) is 11.3 Å². The van der Waals surface area contributed by atoms with Gasteiger partial charge in [0.1, 0.15) is 15.9 Å². The quantitative estimate of drug-likeness (QED) is 0.906. The molecule has 0 radical (unpaired) electrons. The zero-order chi connectivity index (χ0) is 15.6. The summed E-state index contributed by atoms with van der Waals surface area (Å²) in [5.41, 5.74) is 1.43. The maximum absolute atomic E-state index is 12.1. The van der Waals surface area contributed by atoms with Gasteiger partial charge in [-0.25, -0.2) is 4.98 Å². The fourth-order valence-electron chi connectivity index (χ4n) is 1.65. The summed E-state index contributed by atoms with van der Waals surface area (Å²) >= 11 is 7.06. The number of aryl methyl sites for hydroxylation is 1. The number of hydrogen-bond donors (Lipinski definition) is 2. The minimum atomic E-state index is -1.08. The molecule has 0 spiro atoms. The van der Waals surface area contributed by atoms with Gasteiger partial charge in [0.05, 0.1) is 5.69 Å². The van der Waals surface area contributed by atoms with Gasteiger partial charge in [-0.2, -0.15) is 0 Å². The summed E-state index contributed by atoms with van der Waals surface area (Å²) in [5.74, 6) is -1.51. The van der Waals surface area contributed by atoms with Crippen LogP contribution in [0.5, 0.6) is 0 Å². The van der Waals surface area contributed by atoms with Crippen LogP contribution in [0.3, 0.4) is 0 Å². The number of halogens is 1. The number of carboxylic acid groups (broad SMARTS) is 1. The van der Waals surface area contributed by atoms with Gasteiger partial charge in [-0.3, -0.25) is 9.59 Å². The van der Waals surface area contributed by atoms with Gasteiger partial charge in [0.15, 0.2) is 0 Å². The van der Waals surface area contributed by atoms with Crippen molar-refractivity contribution in [1.82, 2.24) is 10.3 Å². The maximum atomic E-state index is 12.1. The second-order valence-corrected chi connectivity index (χ2v) is 5.91. The molecule has 0 aliphatic rings. The van der Waals surface area contributed by atoms with Gasteiger partial charge in [0.25, 0.3) is 5.91 Å². The van der Waals surface area contributed by atoms with Crippen LogP contribution in [-0.4, -0.2) is 28.0 Å². The first-order valence-corrected chi connectivity index (χ1v) is 7.35. The van der Waals surface area contributed by atoms with E-state index >= 15 is 0 Å². The van der Waals surface area contributed by atoms with E-state index in [0.717, 1.165) is 5.56 Å². The van der Waals surface area contributed by atoms with E-state index in [1.165, 1.54) is 18.3 Å². The molecular weight excluding hydrogens is 312 g/mol. The average molecular weight is 325 g/mol. The number of carbonyl (C=O) groups excluding carboxylic acids is 1. The van der Waals surface area contributed by atoms with E-state index in [9.17, 15) is 9.59 Å². The number of carbonyl (C=O) groups is 2. The van der Waals surface area contributed by atoms with E-state index in [4.69, 9.17) is 16.7 Å². The molecule has 0 saturated carbocycles. The third kappa shape index (κ3) is 3.59. The molecule has 1 heterocycles. The zero-order valence-electron chi connectivity index (χ0n) is 11.4. The van der Waals surface area contributed by atoms with Crippen molar-refractivity contribution >= 4 is 34.8 Å². The minimum absolute atomic E-state index is 0.410. The lowest BCUT2D eigenvalue weighted by Gasteiger charge is -2.07. The highest BCUT2D eigenvalue weighted by molar-refractivity contribution is 7.17. The van der Waals surface area contributed by atoms with E-state index in [1.54, 1.807) is 19.1 Å². The number of hydrogen-bond acceptors (Lipinski definition) is 4. The lowest BCUT2D eigenvalue weighted by atomic mass is 10.2. The van der Waals surface area contributed by atoms with Crippen LogP contribution < -0.4 is 5.32 Å². The maximum Gasteiger partial charge on any atom is 0.325 e. The Morgan fingerprint density at radius 2 is 1.95 bits per heavy atom. The van der Waals surface area contributed by atoms with Crippen molar-refractivity contribution in [2.24, 2.45) is 0 Å². The molecule has 0 aliphatic carbocycles. The van der Waals surface area contributed by atoms with Gasteiger partial charge >= 0.3 is 5.97 Å². The molecule has 0 unspecified atom stereocenters. The highest BCUT2D eigenvalue weighted by Gasteiger charge is 2.20. The number of amides is 1. The van der Waals surface area contributed by atoms with Gasteiger partial charge in [0.2, 0.25) is 0 Å². The molecule has 1 aromatic carbocycles. The first-order chi connectivity index (χ1) is 9.88. The Kier molecular flexibility index (Phi) is 4.59. The second kappa shape index (κ2) is 6.24. The van der Waals surface area contributed by atoms with Crippen LogP contribution in [0.25, 0.3) is 10.6 Å². The number of benzene rings is 1. The van der Waals surface area contributed by atoms with Crippen molar-refractivity contribution in [1.29, 1.82) is 0 Å². The van der Waals surface area contributed by atoms with Crippen molar-refractivity contribution in [3.63, 3.8) is 0 Å². The molecule has 1 amide bonds. The Morgan fingerprint density at radius 1 is 1.33 bits per heavy atom. The summed E-state index contributed by atoms with van der Waals surface area (Å²) in [6, 6.07) is 6.20. The number of carboxylic acids is 1. The standard InChI is InChI=1S/C14H13ClN2O3S/c1-7-11(12(18)16-8(2)14(19)20)21-13(17-7)9-3-5-10(15)6-4-9/h3-6,8H,1-2H3,(H,16,18)(H,19,20)/t8-/m1/s1. The van der Waals surface area contributed by atoms with E-state index < -0.39 is 17.9 Å². The molecule has 0 fully saturated rings. The monoisotopic (exact) mass is 324 g/mol. The van der Waals surface area contributed by atoms with Gasteiger partial charge in [0, 0.05) is 10.6 Å². The molecule has 0 aliphatic heterocycles. The smallest absolute Gasteiger partial charge is 0.325 e. The van der Waals surface area contributed by atoms with Crippen LogP contribution in [-0.2, 0) is 4.79 Å². The molecule has 0 saturated heterocycles. The Balaban J connectivity index is 2.25. The first kappa shape index (κ1) is 15.5. The predicted octanol–water partition coefficient (Wildman–Crippen LogP) is 2.97. The first-order valence-electron chi connectivity index (χ1n) is 6.15. The van der Waals surface area contributed by atoms with Crippen LogP contribution in [0.1, 0.15) is 22.3 Å². The topological polar surface area (TPSA) is 79.3 Å². The molecule has 5 nitrogen and oxygen atoms in total. The summed E-state index contributed by atoms with van der Waals surface area (Å²) in [6.45, 7) is 3.13. The summed E-state index contributed by atoms with van der Waals surface area (Å²) in [6.07, 6.45) is 0. The van der Waals surface area contributed by atoms with Crippen molar-refractivity contribution in [3.05, 3.63) is 39.9 Å². The van der Waals surface area contributed by atoms with E-state index in [2.05, 4.69) is 10.3 Å². The van der Waals surface area contributed by atoms with E-state index in [1.807, 2.05) is 12.1 Å². The molecule has 1 aromatic heterocycles. The number of rotatable bonds is 4. The van der Waals surface area contributed by atoms with Gasteiger partial charge in [-0.05, 0) is 26.0 Å². The largest absolute Gasteiger partial charge is 0.480 e. The zero-order valence-corrected chi connectivity index (χ0v) is 13.0. The number of nitrogens with one attached hydrogen (secondary N) is 1.